The lowest BCUT2D eigenvalue weighted by atomic mass is 10.0. The first-order chi connectivity index (χ1) is 54.9. The largest absolute Gasteiger partial charge is 0.491 e. The lowest BCUT2D eigenvalue weighted by molar-refractivity contribution is -0.143. The Morgan fingerprint density at radius 3 is 1.15 bits per heavy atom. The van der Waals surface area contributed by atoms with E-state index in [1.807, 2.05) is 114 Å². The number of carbonyl (C=O) groups is 6. The average Bonchev–Trinajstić information content (AvgIpc) is 1.62. The zero-order chi connectivity index (χ0) is 80.4. The third-order valence-corrected chi connectivity index (χ3v) is 22.5. The van der Waals surface area contributed by atoms with Gasteiger partial charge in [-0.05, 0) is 85.0 Å². The summed E-state index contributed by atoms with van der Waals surface area (Å²) in [4.78, 5) is 99.5. The van der Waals surface area contributed by atoms with Crippen LogP contribution in [0.15, 0.2) is 96.0 Å². The molecule has 618 valence electrons. The molecule has 0 unspecified atom stereocenters. The van der Waals surface area contributed by atoms with Crippen LogP contribution >= 0.6 is 22.7 Å². The molecule has 6 amide bonds. The number of aliphatic hydroxyl groups excluding tert-OH is 2. The molecule has 0 aliphatic carbocycles. The first kappa shape index (κ1) is 89.1. The van der Waals surface area contributed by atoms with E-state index in [4.69, 9.17) is 42.6 Å². The SMILES string of the molecule is CCCCCCCOCCOCCOCCOCCOc1cc(-c2scnc2C)ccc1CNC(=O)[C@@H]1C[C@@H](O)CN1C(=O)[C@H](C(C)C)N1Cc2ccccc2C1=O.CCCCCCCOCCOCCOCCOc1cc(-c2scnc2C)ccc1CNC(=O)[C@@H]1C[C@@H](O)CN1C(=O)[C@H](C(C)C)N1Cc2ccccc2C1=O. The number of fused-ring (bicyclic) bond motifs is 2. The number of amides is 6. The van der Waals surface area contributed by atoms with Crippen molar-refractivity contribution in [1.29, 1.82) is 0 Å². The summed E-state index contributed by atoms with van der Waals surface area (Å²) in [5.74, 6) is -1.07. The van der Waals surface area contributed by atoms with Crippen LogP contribution in [0.1, 0.15) is 173 Å². The molecule has 6 atom stereocenters. The maximum absolute atomic E-state index is 14.2. The molecule has 4 aromatic carbocycles. The summed E-state index contributed by atoms with van der Waals surface area (Å²) >= 11 is 3.09. The van der Waals surface area contributed by atoms with Crippen molar-refractivity contribution < 1.29 is 81.6 Å². The number of carbonyl (C=O) groups excluding carboxylic acids is 6. The molecule has 6 aromatic rings. The van der Waals surface area contributed by atoms with Gasteiger partial charge in [-0.3, -0.25) is 28.8 Å². The van der Waals surface area contributed by atoms with Gasteiger partial charge in [0.25, 0.3) is 11.8 Å². The summed E-state index contributed by atoms with van der Waals surface area (Å²) in [6.07, 6.45) is 10.7. The maximum Gasteiger partial charge on any atom is 0.255 e. The minimum absolute atomic E-state index is 0.0139. The smallest absolute Gasteiger partial charge is 0.255 e. The standard InChI is InChI=1S/C44H62N4O9S.C42H58N4O8S/c1-5-6-7-8-11-16-53-17-18-54-19-20-55-21-22-56-23-24-57-39-25-33(41-32(4)46-30-58-41)14-15-34(39)27-45-42(50)38-26-36(49)29-47(38)44(52)40(31(2)3)48-28-35-12-9-10-13-37(35)43(48)51;1-5-6-7-8-11-16-51-17-18-52-19-20-53-21-22-54-37-23-31(39-30(4)44-28-55-39)14-15-32(37)25-43-40(48)36-24-34(47)27-45(36)42(50)38(29(2)3)46-26-33-12-9-10-13-35(33)41(46)49/h9-10,12-15,25,30-31,36,38,40,49H,5-8,11,16-24,26-29H2,1-4H3,(H,45,50);9-10,12-15,23,28-29,34,36,38,47H,5-8,11,16-22,24-27H2,1-4H3,(H,43,48)/t36-,38+,40+;34-,36+,38+/m11/s1. The predicted octanol–water partition coefficient (Wildman–Crippen LogP) is 11.6. The third-order valence-electron chi connectivity index (χ3n) is 20.5. The van der Waals surface area contributed by atoms with E-state index in [1.54, 1.807) is 55.6 Å². The number of aryl methyl sites for hydroxylation is 2. The fourth-order valence-corrected chi connectivity index (χ4v) is 16.2. The maximum atomic E-state index is 14.2. The zero-order valence-electron chi connectivity index (χ0n) is 67.4. The molecule has 27 heteroatoms. The highest BCUT2D eigenvalue weighted by Gasteiger charge is 2.48. The highest BCUT2D eigenvalue weighted by Crippen LogP contribution is 2.37. The third kappa shape index (κ3) is 26.4. The molecule has 2 saturated heterocycles. The van der Waals surface area contributed by atoms with Crippen molar-refractivity contribution in [2.75, 3.05) is 119 Å². The van der Waals surface area contributed by atoms with Gasteiger partial charge in [0.05, 0.1) is 124 Å². The number of ether oxygens (including phenoxy) is 9. The van der Waals surface area contributed by atoms with Gasteiger partial charge in [0.1, 0.15) is 48.9 Å². The van der Waals surface area contributed by atoms with E-state index >= 15 is 0 Å². The van der Waals surface area contributed by atoms with Crippen LogP contribution in [-0.4, -0.2) is 230 Å². The van der Waals surface area contributed by atoms with Gasteiger partial charge in [0.2, 0.25) is 23.6 Å². The first-order valence-electron chi connectivity index (χ1n) is 40.6. The van der Waals surface area contributed by atoms with E-state index in [9.17, 15) is 39.0 Å². The molecular weight excluding hydrogens is 1480 g/mol. The molecule has 10 rings (SSSR count). The molecule has 2 aromatic heterocycles. The van der Waals surface area contributed by atoms with Gasteiger partial charge in [-0.2, -0.15) is 0 Å². The van der Waals surface area contributed by atoms with Crippen molar-refractivity contribution in [3.05, 3.63) is 141 Å². The normalized spacial score (nSPS) is 17.1. The second-order valence-corrected chi connectivity index (χ2v) is 31.5. The number of benzene rings is 4. The fraction of sp³-hybridized carbons (Fsp3) is 0.581. The number of unbranched alkanes of at least 4 members (excludes halogenated alkanes) is 8. The molecule has 113 heavy (non-hydrogen) atoms. The molecule has 2 fully saturated rings. The van der Waals surface area contributed by atoms with Crippen LogP contribution in [0, 0.1) is 25.7 Å². The number of hydrogen-bond acceptors (Lipinski definition) is 21. The van der Waals surface area contributed by atoms with E-state index in [0.717, 1.165) is 80.6 Å². The van der Waals surface area contributed by atoms with Crippen LogP contribution in [-0.2, 0) is 78.5 Å². The van der Waals surface area contributed by atoms with Gasteiger partial charge in [-0.15, -0.1) is 22.7 Å². The predicted molar refractivity (Wildman–Crippen MR) is 435 cm³/mol. The Hall–Kier alpha value is -7.80. The molecular formula is C86H120N8O17S2. The van der Waals surface area contributed by atoms with E-state index in [0.29, 0.717) is 122 Å². The number of aliphatic hydroxyl groups is 2. The van der Waals surface area contributed by atoms with Gasteiger partial charge in [-0.25, -0.2) is 9.97 Å². The first-order valence-corrected chi connectivity index (χ1v) is 42.3. The monoisotopic (exact) mass is 1600 g/mol. The molecule has 4 aliphatic rings. The molecule has 4 aliphatic heterocycles. The highest BCUT2D eigenvalue weighted by atomic mass is 32.1. The van der Waals surface area contributed by atoms with Crippen LogP contribution in [0.5, 0.6) is 11.5 Å². The van der Waals surface area contributed by atoms with Crippen LogP contribution in [0.4, 0.5) is 0 Å². The van der Waals surface area contributed by atoms with Gasteiger partial charge >= 0.3 is 0 Å². The molecule has 0 saturated carbocycles. The van der Waals surface area contributed by atoms with Crippen molar-refractivity contribution in [3.63, 3.8) is 0 Å². The Balaban J connectivity index is 0.000000259. The summed E-state index contributed by atoms with van der Waals surface area (Å²) in [7, 11) is 0. The van der Waals surface area contributed by atoms with Crippen molar-refractivity contribution in [2.24, 2.45) is 11.8 Å². The molecule has 0 spiro atoms. The number of aromatic nitrogens is 2. The number of rotatable bonds is 49. The Kier molecular flexibility index (Phi) is 37.3. The van der Waals surface area contributed by atoms with Crippen LogP contribution in [0.25, 0.3) is 20.9 Å². The van der Waals surface area contributed by atoms with Gasteiger partial charge in [-0.1, -0.05) is 154 Å². The summed E-state index contributed by atoms with van der Waals surface area (Å²) in [6, 6.07) is 23.1. The lowest BCUT2D eigenvalue weighted by Crippen LogP contribution is -2.55. The van der Waals surface area contributed by atoms with E-state index in [1.165, 1.54) is 61.2 Å². The molecule has 4 N–H and O–H groups in total. The number of β-amino-alcohol motifs (C(OH)–C–C–N with tert-alkyl or cyclic N) is 2. The van der Waals surface area contributed by atoms with E-state index < -0.39 is 36.4 Å². The lowest BCUT2D eigenvalue weighted by Gasteiger charge is -2.35. The number of thiazole rings is 2. The van der Waals surface area contributed by atoms with Crippen LogP contribution in [0.2, 0.25) is 0 Å². The number of hydrogen-bond donors (Lipinski definition) is 4. The van der Waals surface area contributed by atoms with Crippen molar-refractivity contribution >= 4 is 58.1 Å². The number of nitrogens with zero attached hydrogens (tertiary/aromatic N) is 6. The van der Waals surface area contributed by atoms with Gasteiger partial charge in [0.15, 0.2) is 0 Å². The Labute approximate surface area is 675 Å². The Morgan fingerprint density at radius 2 is 0.814 bits per heavy atom. The van der Waals surface area contributed by atoms with Crippen LogP contribution in [0.3, 0.4) is 0 Å². The second-order valence-electron chi connectivity index (χ2n) is 29.8. The summed E-state index contributed by atoms with van der Waals surface area (Å²) < 4.78 is 52.0. The van der Waals surface area contributed by atoms with Crippen molar-refractivity contribution in [1.82, 2.24) is 40.2 Å². The highest BCUT2D eigenvalue weighted by molar-refractivity contribution is 7.13. The minimum Gasteiger partial charge on any atom is -0.491 e. The Morgan fingerprint density at radius 1 is 0.469 bits per heavy atom. The quantitative estimate of drug-likeness (QED) is 0.0258. The fourth-order valence-electron chi connectivity index (χ4n) is 14.6. The summed E-state index contributed by atoms with van der Waals surface area (Å²) in [6.45, 7) is 24.7. The van der Waals surface area contributed by atoms with E-state index in [-0.39, 0.29) is 92.9 Å². The second kappa shape index (κ2) is 47.3. The summed E-state index contributed by atoms with van der Waals surface area (Å²) in [5.41, 5.74) is 11.8. The van der Waals surface area contributed by atoms with Gasteiger partial charge < -0.3 is 83.1 Å². The topological polar surface area (TPSA) is 289 Å². The summed E-state index contributed by atoms with van der Waals surface area (Å²) in [5, 5.41) is 27.4. The van der Waals surface area contributed by atoms with Crippen LogP contribution < -0.4 is 20.1 Å². The molecule has 6 heterocycles. The minimum atomic E-state index is -0.890. The molecule has 0 bridgehead atoms. The van der Waals surface area contributed by atoms with Crippen molar-refractivity contribution in [3.8, 4) is 32.4 Å². The van der Waals surface area contributed by atoms with Gasteiger partial charge in [0, 0.05) is 87.6 Å². The average molecular weight is 1600 g/mol. The number of likely N-dealkylation sites (tertiary alicyclic amines) is 2. The zero-order valence-corrected chi connectivity index (χ0v) is 69.0. The van der Waals surface area contributed by atoms with Crippen molar-refractivity contribution in [2.45, 2.75) is 195 Å². The number of nitrogens with one attached hydrogen (secondary N) is 2. The molecule has 25 nitrogen and oxygen atoms in total. The Bertz CT molecular complexity index is 3950. The van der Waals surface area contributed by atoms with E-state index in [2.05, 4.69) is 34.4 Å². The molecule has 0 radical (unpaired) electrons.